The Bertz CT molecular complexity index is 755. The zero-order valence-electron chi connectivity index (χ0n) is 12.6. The second-order valence-corrected chi connectivity index (χ2v) is 7.95. The van der Waals surface area contributed by atoms with E-state index >= 15 is 0 Å². The van der Waals surface area contributed by atoms with Crippen LogP contribution < -0.4 is 9.46 Å². The van der Waals surface area contributed by atoms with Gasteiger partial charge in [0, 0.05) is 4.47 Å². The second-order valence-electron chi connectivity index (χ2n) is 5.39. The maximum Gasteiger partial charge on any atom is 0.245 e. The second kappa shape index (κ2) is 6.40. The van der Waals surface area contributed by atoms with E-state index in [2.05, 4.69) is 20.7 Å². The standard InChI is InChI=1S/C16H18BrNO3S/c1-16(2,12-8-10-13(17)11-9-12)18-22(19,20)15-7-5-4-6-14(15)21-3/h4-11,18H,1-3H3. The summed E-state index contributed by atoms with van der Waals surface area (Å²) in [4.78, 5) is 0.127. The van der Waals surface area contributed by atoms with Crippen LogP contribution in [0.15, 0.2) is 57.9 Å². The van der Waals surface area contributed by atoms with Gasteiger partial charge in [0.25, 0.3) is 0 Å². The topological polar surface area (TPSA) is 55.4 Å². The summed E-state index contributed by atoms with van der Waals surface area (Å²) in [7, 11) is -2.25. The summed E-state index contributed by atoms with van der Waals surface area (Å²) in [5, 5.41) is 0. The largest absolute Gasteiger partial charge is 0.495 e. The molecule has 0 aliphatic heterocycles. The van der Waals surface area contributed by atoms with Gasteiger partial charge in [-0.3, -0.25) is 0 Å². The summed E-state index contributed by atoms with van der Waals surface area (Å²) < 4.78 is 34.2. The third kappa shape index (κ3) is 3.69. The molecule has 0 aliphatic carbocycles. The summed E-state index contributed by atoms with van der Waals surface area (Å²) in [6.07, 6.45) is 0. The summed E-state index contributed by atoms with van der Waals surface area (Å²) >= 11 is 3.37. The minimum absolute atomic E-state index is 0.127. The summed E-state index contributed by atoms with van der Waals surface area (Å²) in [6.45, 7) is 3.65. The minimum atomic E-state index is -3.71. The number of hydrogen-bond acceptors (Lipinski definition) is 3. The highest BCUT2D eigenvalue weighted by Crippen LogP contribution is 2.28. The van der Waals surface area contributed by atoms with Crippen LogP contribution in [0, 0.1) is 0 Å². The Morgan fingerprint density at radius 3 is 2.23 bits per heavy atom. The third-order valence-electron chi connectivity index (χ3n) is 3.31. The highest BCUT2D eigenvalue weighted by Gasteiger charge is 2.29. The van der Waals surface area contributed by atoms with Crippen LogP contribution in [0.1, 0.15) is 19.4 Å². The highest BCUT2D eigenvalue weighted by molar-refractivity contribution is 9.10. The number of hydrogen-bond donors (Lipinski definition) is 1. The van der Waals surface area contributed by atoms with E-state index in [9.17, 15) is 8.42 Å². The maximum absolute atomic E-state index is 12.7. The number of halogens is 1. The van der Waals surface area contributed by atoms with Gasteiger partial charge in [-0.25, -0.2) is 13.1 Å². The van der Waals surface area contributed by atoms with Crippen LogP contribution in [-0.2, 0) is 15.6 Å². The van der Waals surface area contributed by atoms with Crippen molar-refractivity contribution in [3.8, 4) is 5.75 Å². The van der Waals surface area contributed by atoms with Gasteiger partial charge >= 0.3 is 0 Å². The quantitative estimate of drug-likeness (QED) is 0.856. The molecule has 118 valence electrons. The molecule has 0 amide bonds. The van der Waals surface area contributed by atoms with Crippen molar-refractivity contribution in [2.75, 3.05) is 7.11 Å². The van der Waals surface area contributed by atoms with E-state index < -0.39 is 15.6 Å². The van der Waals surface area contributed by atoms with Crippen LogP contribution in [0.25, 0.3) is 0 Å². The average molecular weight is 384 g/mol. The van der Waals surface area contributed by atoms with Gasteiger partial charge in [0.15, 0.2) is 0 Å². The Kier molecular flexibility index (Phi) is 4.94. The van der Waals surface area contributed by atoms with Gasteiger partial charge in [0.2, 0.25) is 10.0 Å². The minimum Gasteiger partial charge on any atom is -0.495 e. The molecule has 0 radical (unpaired) electrons. The lowest BCUT2D eigenvalue weighted by atomic mass is 9.96. The lowest BCUT2D eigenvalue weighted by Crippen LogP contribution is -2.41. The lowest BCUT2D eigenvalue weighted by molar-refractivity contribution is 0.400. The summed E-state index contributed by atoms with van der Waals surface area (Å²) in [5.41, 5.74) is 0.120. The van der Waals surface area contributed by atoms with Crippen LogP contribution in [0.4, 0.5) is 0 Å². The fraction of sp³-hybridized carbons (Fsp3) is 0.250. The number of methoxy groups -OCH3 is 1. The Labute approximate surface area is 139 Å². The monoisotopic (exact) mass is 383 g/mol. The molecule has 0 atom stereocenters. The molecular formula is C16H18BrNO3S. The van der Waals surface area contributed by atoms with Gasteiger partial charge in [-0.2, -0.15) is 0 Å². The normalized spacial score (nSPS) is 12.2. The van der Waals surface area contributed by atoms with Crippen LogP contribution in [0.3, 0.4) is 0 Å². The van der Waals surface area contributed by atoms with Crippen LogP contribution in [0.2, 0.25) is 0 Å². The van der Waals surface area contributed by atoms with Crippen molar-refractivity contribution in [2.24, 2.45) is 0 Å². The molecule has 0 spiro atoms. The van der Waals surface area contributed by atoms with Gasteiger partial charge in [-0.1, -0.05) is 40.2 Å². The molecule has 0 heterocycles. The fourth-order valence-corrected chi connectivity index (χ4v) is 4.00. The molecule has 1 N–H and O–H groups in total. The molecule has 0 fully saturated rings. The van der Waals surface area contributed by atoms with Crippen LogP contribution in [-0.4, -0.2) is 15.5 Å². The van der Waals surface area contributed by atoms with Crippen molar-refractivity contribution >= 4 is 26.0 Å². The van der Waals surface area contributed by atoms with Gasteiger partial charge in [0.1, 0.15) is 10.6 Å². The number of rotatable bonds is 5. The Balaban J connectivity index is 2.37. The number of sulfonamides is 1. The predicted octanol–water partition coefficient (Wildman–Crippen LogP) is 3.67. The molecule has 0 saturated heterocycles. The van der Waals surface area contributed by atoms with Crippen molar-refractivity contribution in [1.82, 2.24) is 4.72 Å². The number of ether oxygens (including phenoxy) is 1. The van der Waals surface area contributed by atoms with E-state index in [0.29, 0.717) is 5.75 Å². The predicted molar refractivity (Wildman–Crippen MR) is 90.5 cm³/mol. The maximum atomic E-state index is 12.7. The molecule has 2 aromatic rings. The summed E-state index contributed by atoms with van der Waals surface area (Å²) in [6, 6.07) is 14.1. The fourth-order valence-electron chi connectivity index (χ4n) is 2.16. The molecular weight excluding hydrogens is 366 g/mol. The molecule has 2 aromatic carbocycles. The Hall–Kier alpha value is -1.37. The molecule has 0 unspecified atom stereocenters. The third-order valence-corrected chi connectivity index (χ3v) is 5.54. The number of para-hydroxylation sites is 1. The Morgan fingerprint density at radius 1 is 1.05 bits per heavy atom. The van der Waals surface area contributed by atoms with Crippen molar-refractivity contribution in [2.45, 2.75) is 24.3 Å². The van der Waals surface area contributed by atoms with Crippen LogP contribution >= 0.6 is 15.9 Å². The van der Waals surface area contributed by atoms with Crippen molar-refractivity contribution < 1.29 is 13.2 Å². The first-order chi connectivity index (χ1) is 10.3. The van der Waals surface area contributed by atoms with E-state index in [-0.39, 0.29) is 4.90 Å². The van der Waals surface area contributed by atoms with Gasteiger partial charge in [-0.05, 0) is 43.7 Å². The molecule has 0 bridgehead atoms. The van der Waals surface area contributed by atoms with Gasteiger partial charge in [-0.15, -0.1) is 0 Å². The van der Waals surface area contributed by atoms with E-state index in [1.807, 2.05) is 38.1 Å². The molecule has 0 saturated carbocycles. The van der Waals surface area contributed by atoms with E-state index in [1.165, 1.54) is 13.2 Å². The highest BCUT2D eigenvalue weighted by atomic mass is 79.9. The van der Waals surface area contributed by atoms with Crippen molar-refractivity contribution in [1.29, 1.82) is 0 Å². The molecule has 0 aromatic heterocycles. The molecule has 0 aliphatic rings. The SMILES string of the molecule is COc1ccccc1S(=O)(=O)NC(C)(C)c1ccc(Br)cc1. The number of benzene rings is 2. The molecule has 4 nitrogen and oxygen atoms in total. The molecule has 2 rings (SSSR count). The first-order valence-electron chi connectivity index (χ1n) is 6.69. The van der Waals surface area contributed by atoms with Crippen molar-refractivity contribution in [3.63, 3.8) is 0 Å². The molecule has 6 heteroatoms. The van der Waals surface area contributed by atoms with E-state index in [0.717, 1.165) is 10.0 Å². The van der Waals surface area contributed by atoms with E-state index in [1.54, 1.807) is 18.2 Å². The van der Waals surface area contributed by atoms with Crippen LogP contribution in [0.5, 0.6) is 5.75 Å². The smallest absolute Gasteiger partial charge is 0.245 e. The van der Waals surface area contributed by atoms with Gasteiger partial charge < -0.3 is 4.74 Å². The van der Waals surface area contributed by atoms with Crippen molar-refractivity contribution in [3.05, 3.63) is 58.6 Å². The Morgan fingerprint density at radius 2 is 1.64 bits per heavy atom. The van der Waals surface area contributed by atoms with E-state index in [4.69, 9.17) is 4.74 Å². The first kappa shape index (κ1) is 17.0. The lowest BCUT2D eigenvalue weighted by Gasteiger charge is -2.27. The number of nitrogens with one attached hydrogen (secondary N) is 1. The first-order valence-corrected chi connectivity index (χ1v) is 8.97. The average Bonchev–Trinajstić information content (AvgIpc) is 2.46. The zero-order chi connectivity index (χ0) is 16.4. The molecule has 22 heavy (non-hydrogen) atoms. The van der Waals surface area contributed by atoms with Gasteiger partial charge in [0.05, 0.1) is 12.6 Å². The zero-order valence-corrected chi connectivity index (χ0v) is 15.0. The summed E-state index contributed by atoms with van der Waals surface area (Å²) in [5.74, 6) is 0.321.